The van der Waals surface area contributed by atoms with Gasteiger partial charge in [0.2, 0.25) is 11.8 Å². The molecule has 0 aromatic heterocycles. The van der Waals surface area contributed by atoms with Crippen LogP contribution >= 0.6 is 0 Å². The first-order valence-corrected chi connectivity index (χ1v) is 8.76. The lowest BCUT2D eigenvalue weighted by Crippen LogP contribution is -2.59. The molecule has 1 saturated carbocycles. The number of amides is 2. The van der Waals surface area contributed by atoms with Gasteiger partial charge in [-0.05, 0) is 25.7 Å². The largest absolute Gasteiger partial charge is 0.338 e. The number of hydrogen-bond acceptors (Lipinski definition) is 3. The Balaban J connectivity index is 1.92. The fourth-order valence-corrected chi connectivity index (χ4v) is 3.57. The fraction of sp³-hybridized carbons (Fsp3) is 0.882. The fourth-order valence-electron chi connectivity index (χ4n) is 3.57. The minimum absolute atomic E-state index is 0.0200. The van der Waals surface area contributed by atoms with Gasteiger partial charge in [0.1, 0.15) is 0 Å². The number of rotatable bonds is 3. The lowest BCUT2D eigenvalue weighted by atomic mass is 9.87. The van der Waals surface area contributed by atoms with Gasteiger partial charge in [0.15, 0.2) is 0 Å². The van der Waals surface area contributed by atoms with Gasteiger partial charge >= 0.3 is 0 Å². The smallest absolute Gasteiger partial charge is 0.239 e. The zero-order chi connectivity index (χ0) is 16.3. The lowest BCUT2D eigenvalue weighted by molar-refractivity contribution is -0.146. The molecule has 2 N–H and O–H groups in total. The average Bonchev–Trinajstić information content (AvgIpc) is 2.53. The number of nitrogens with zero attached hydrogens (tertiary/aromatic N) is 2. The van der Waals surface area contributed by atoms with Crippen LogP contribution in [0.15, 0.2) is 0 Å². The zero-order valence-electron chi connectivity index (χ0n) is 14.3. The van der Waals surface area contributed by atoms with Crippen LogP contribution < -0.4 is 5.73 Å². The number of carbonyl (C=O) groups excluding carboxylic acids is 2. The summed E-state index contributed by atoms with van der Waals surface area (Å²) in [5.41, 5.74) is 5.98. The summed E-state index contributed by atoms with van der Waals surface area (Å²) in [7, 11) is 0. The maximum absolute atomic E-state index is 12.7. The highest BCUT2D eigenvalue weighted by Crippen LogP contribution is 2.27. The number of piperazine rings is 1. The molecule has 2 amide bonds. The van der Waals surface area contributed by atoms with Crippen molar-refractivity contribution in [3.8, 4) is 0 Å². The molecule has 1 heterocycles. The standard InChI is InChI=1S/C17H31N3O2/c1-12(2)15(18)17(22)19-9-10-20(13(3)11-19)16(21)14-7-5-4-6-8-14/h12-15H,4-11,18H2,1-3H3/t13-,15-/m1/s1. The Morgan fingerprint density at radius 3 is 2.27 bits per heavy atom. The Hall–Kier alpha value is -1.10. The van der Waals surface area contributed by atoms with Crippen molar-refractivity contribution in [3.63, 3.8) is 0 Å². The van der Waals surface area contributed by atoms with E-state index < -0.39 is 6.04 Å². The normalized spacial score (nSPS) is 25.4. The van der Waals surface area contributed by atoms with Gasteiger partial charge < -0.3 is 15.5 Å². The highest BCUT2D eigenvalue weighted by atomic mass is 16.2. The maximum atomic E-state index is 12.7. The quantitative estimate of drug-likeness (QED) is 0.861. The predicted molar refractivity (Wildman–Crippen MR) is 87.1 cm³/mol. The molecule has 0 unspecified atom stereocenters. The highest BCUT2D eigenvalue weighted by Gasteiger charge is 2.35. The van der Waals surface area contributed by atoms with Crippen LogP contribution in [0.1, 0.15) is 52.9 Å². The van der Waals surface area contributed by atoms with Crippen molar-refractivity contribution in [1.82, 2.24) is 9.80 Å². The molecule has 0 aromatic carbocycles. The number of nitrogens with two attached hydrogens (primary N) is 1. The van der Waals surface area contributed by atoms with Crippen LogP contribution in [0.5, 0.6) is 0 Å². The monoisotopic (exact) mass is 309 g/mol. The third kappa shape index (κ3) is 3.80. The van der Waals surface area contributed by atoms with E-state index in [0.717, 1.165) is 12.8 Å². The molecule has 2 fully saturated rings. The summed E-state index contributed by atoms with van der Waals surface area (Å²) in [4.78, 5) is 28.9. The van der Waals surface area contributed by atoms with Crippen LogP contribution in [-0.2, 0) is 9.59 Å². The van der Waals surface area contributed by atoms with Crippen LogP contribution in [0, 0.1) is 11.8 Å². The molecule has 126 valence electrons. The highest BCUT2D eigenvalue weighted by molar-refractivity contribution is 5.83. The van der Waals surface area contributed by atoms with E-state index in [-0.39, 0.29) is 23.8 Å². The third-order valence-corrected chi connectivity index (χ3v) is 5.18. The van der Waals surface area contributed by atoms with E-state index in [9.17, 15) is 9.59 Å². The van der Waals surface area contributed by atoms with Crippen LogP contribution in [0.3, 0.4) is 0 Å². The van der Waals surface area contributed by atoms with Crippen LogP contribution in [0.4, 0.5) is 0 Å². The molecule has 2 rings (SSSR count). The summed E-state index contributed by atoms with van der Waals surface area (Å²) in [5.74, 6) is 0.667. The molecule has 1 aliphatic heterocycles. The summed E-state index contributed by atoms with van der Waals surface area (Å²) >= 11 is 0. The first kappa shape index (κ1) is 17.3. The van der Waals surface area contributed by atoms with Crippen molar-refractivity contribution in [2.75, 3.05) is 19.6 Å². The van der Waals surface area contributed by atoms with Gasteiger partial charge in [0.25, 0.3) is 0 Å². The Bertz CT molecular complexity index is 405. The molecular formula is C17H31N3O2. The molecule has 0 spiro atoms. The van der Waals surface area contributed by atoms with Crippen LogP contribution in [0.2, 0.25) is 0 Å². The second kappa shape index (κ2) is 7.44. The minimum Gasteiger partial charge on any atom is -0.338 e. The van der Waals surface area contributed by atoms with Gasteiger partial charge in [-0.25, -0.2) is 0 Å². The number of carbonyl (C=O) groups is 2. The summed E-state index contributed by atoms with van der Waals surface area (Å²) in [6.45, 7) is 7.84. The van der Waals surface area contributed by atoms with Crippen LogP contribution in [0.25, 0.3) is 0 Å². The van der Waals surface area contributed by atoms with Gasteiger partial charge in [-0.15, -0.1) is 0 Å². The Kier molecular flexibility index (Phi) is 5.84. The molecule has 2 aliphatic rings. The SMILES string of the molecule is CC(C)[C@@H](N)C(=O)N1CCN(C(=O)C2CCCCC2)[C@H](C)C1. The topological polar surface area (TPSA) is 66.6 Å². The van der Waals surface area contributed by atoms with Crippen molar-refractivity contribution < 1.29 is 9.59 Å². The molecule has 0 aromatic rings. The second-order valence-corrected chi connectivity index (χ2v) is 7.27. The molecule has 5 heteroatoms. The molecular weight excluding hydrogens is 278 g/mol. The molecule has 0 bridgehead atoms. The Morgan fingerprint density at radius 1 is 1.09 bits per heavy atom. The first-order valence-electron chi connectivity index (χ1n) is 8.76. The van der Waals surface area contributed by atoms with Crippen molar-refractivity contribution in [2.24, 2.45) is 17.6 Å². The predicted octanol–water partition coefficient (Wildman–Crippen LogP) is 1.61. The van der Waals surface area contributed by atoms with E-state index >= 15 is 0 Å². The van der Waals surface area contributed by atoms with E-state index in [1.807, 2.05) is 30.6 Å². The first-order chi connectivity index (χ1) is 10.4. The Labute approximate surface area is 134 Å². The lowest BCUT2D eigenvalue weighted by Gasteiger charge is -2.42. The molecule has 22 heavy (non-hydrogen) atoms. The van der Waals surface area contributed by atoms with Crippen LogP contribution in [-0.4, -0.2) is 53.3 Å². The average molecular weight is 309 g/mol. The molecule has 1 aliphatic carbocycles. The maximum Gasteiger partial charge on any atom is 0.239 e. The zero-order valence-corrected chi connectivity index (χ0v) is 14.3. The molecule has 0 radical (unpaired) electrons. The van der Waals surface area contributed by atoms with Gasteiger partial charge in [0.05, 0.1) is 6.04 Å². The summed E-state index contributed by atoms with van der Waals surface area (Å²) in [6.07, 6.45) is 5.67. The second-order valence-electron chi connectivity index (χ2n) is 7.27. The van der Waals surface area contributed by atoms with E-state index in [4.69, 9.17) is 5.73 Å². The van der Waals surface area contributed by atoms with Gasteiger partial charge in [-0.3, -0.25) is 9.59 Å². The van der Waals surface area contributed by atoms with E-state index in [1.165, 1.54) is 19.3 Å². The number of hydrogen-bond donors (Lipinski definition) is 1. The summed E-state index contributed by atoms with van der Waals surface area (Å²) in [5, 5.41) is 0. The molecule has 1 saturated heterocycles. The van der Waals surface area contributed by atoms with Gasteiger partial charge in [-0.2, -0.15) is 0 Å². The Morgan fingerprint density at radius 2 is 1.73 bits per heavy atom. The molecule has 5 nitrogen and oxygen atoms in total. The van der Waals surface area contributed by atoms with Crippen molar-refractivity contribution in [3.05, 3.63) is 0 Å². The summed E-state index contributed by atoms with van der Waals surface area (Å²) < 4.78 is 0. The van der Waals surface area contributed by atoms with Crippen molar-refractivity contribution >= 4 is 11.8 Å². The summed E-state index contributed by atoms with van der Waals surface area (Å²) in [6, 6.07) is -0.348. The van der Waals surface area contributed by atoms with E-state index in [0.29, 0.717) is 25.5 Å². The molecule has 2 atom stereocenters. The van der Waals surface area contributed by atoms with Gasteiger partial charge in [-0.1, -0.05) is 33.1 Å². The van der Waals surface area contributed by atoms with E-state index in [2.05, 4.69) is 0 Å². The van der Waals surface area contributed by atoms with Crippen molar-refractivity contribution in [2.45, 2.75) is 65.0 Å². The van der Waals surface area contributed by atoms with Crippen molar-refractivity contribution in [1.29, 1.82) is 0 Å². The van der Waals surface area contributed by atoms with E-state index in [1.54, 1.807) is 0 Å². The minimum atomic E-state index is -0.437. The third-order valence-electron chi connectivity index (χ3n) is 5.18. The van der Waals surface area contributed by atoms with Gasteiger partial charge in [0, 0.05) is 31.6 Å².